The smallest absolute Gasteiger partial charge is 0.0946 e. The fourth-order valence-electron chi connectivity index (χ4n) is 2.96. The summed E-state index contributed by atoms with van der Waals surface area (Å²) in [4.78, 5) is 6.71. The molecule has 2 bridgehead atoms. The molecule has 1 aromatic rings. The molecule has 0 radical (unpaired) electrons. The molecular formula is C11H17N3. The molecule has 1 atom stereocenters. The third kappa shape index (κ3) is 1.46. The quantitative estimate of drug-likeness (QED) is 0.701. The standard InChI is InChI=1S/C11H17N3/c1-4-13-5-2-10(1)11(7-13)8-14-6-3-12-9-14/h3,6,9-11H,1-2,4-5,7-8H2. The number of piperidine rings is 3. The summed E-state index contributed by atoms with van der Waals surface area (Å²) >= 11 is 0. The van der Waals surface area contributed by atoms with Crippen molar-refractivity contribution in [1.82, 2.24) is 14.5 Å². The molecule has 0 saturated carbocycles. The van der Waals surface area contributed by atoms with Crippen LogP contribution >= 0.6 is 0 Å². The van der Waals surface area contributed by atoms with Gasteiger partial charge >= 0.3 is 0 Å². The van der Waals surface area contributed by atoms with E-state index in [1.807, 2.05) is 12.5 Å². The second-order valence-electron chi connectivity index (χ2n) is 4.66. The molecule has 4 heterocycles. The van der Waals surface area contributed by atoms with Crippen molar-refractivity contribution in [3.8, 4) is 0 Å². The Labute approximate surface area is 84.7 Å². The Bertz CT molecular complexity index is 285. The molecule has 1 unspecified atom stereocenters. The highest BCUT2D eigenvalue weighted by Gasteiger charge is 2.33. The van der Waals surface area contributed by atoms with E-state index in [1.165, 1.54) is 39.0 Å². The van der Waals surface area contributed by atoms with E-state index in [0.29, 0.717) is 0 Å². The summed E-state index contributed by atoms with van der Waals surface area (Å²) in [6.07, 6.45) is 8.73. The Hall–Kier alpha value is -0.830. The summed E-state index contributed by atoms with van der Waals surface area (Å²) in [7, 11) is 0. The SMILES string of the molecule is c1cn(CC2CN3CCC2CC3)cn1. The van der Waals surface area contributed by atoms with Crippen LogP contribution < -0.4 is 0 Å². The first-order valence-electron chi connectivity index (χ1n) is 5.60. The molecule has 0 spiro atoms. The summed E-state index contributed by atoms with van der Waals surface area (Å²) in [5.41, 5.74) is 0. The van der Waals surface area contributed by atoms with E-state index in [9.17, 15) is 0 Å². The van der Waals surface area contributed by atoms with Crippen LogP contribution in [0.4, 0.5) is 0 Å². The number of aromatic nitrogens is 2. The lowest BCUT2D eigenvalue weighted by molar-refractivity contribution is 0.0423. The predicted octanol–water partition coefficient (Wildman–Crippen LogP) is 1.22. The van der Waals surface area contributed by atoms with E-state index in [-0.39, 0.29) is 0 Å². The van der Waals surface area contributed by atoms with Crippen LogP contribution in [0.3, 0.4) is 0 Å². The van der Waals surface area contributed by atoms with Crippen LogP contribution in [0, 0.1) is 11.8 Å². The first-order chi connectivity index (χ1) is 6.92. The van der Waals surface area contributed by atoms with Crippen LogP contribution in [0.25, 0.3) is 0 Å². The van der Waals surface area contributed by atoms with Gasteiger partial charge < -0.3 is 9.47 Å². The normalized spacial score (nSPS) is 36.1. The van der Waals surface area contributed by atoms with Crippen molar-refractivity contribution in [3.05, 3.63) is 18.7 Å². The van der Waals surface area contributed by atoms with E-state index in [0.717, 1.165) is 11.8 Å². The average Bonchev–Trinajstić information content (AvgIpc) is 2.72. The first kappa shape index (κ1) is 8.48. The predicted molar refractivity (Wildman–Crippen MR) is 54.9 cm³/mol. The molecule has 3 aliphatic heterocycles. The van der Waals surface area contributed by atoms with Crippen molar-refractivity contribution < 1.29 is 0 Å². The second-order valence-corrected chi connectivity index (χ2v) is 4.66. The van der Waals surface area contributed by atoms with Crippen LogP contribution in [0.1, 0.15) is 12.8 Å². The summed E-state index contributed by atoms with van der Waals surface area (Å²) in [5, 5.41) is 0. The monoisotopic (exact) mass is 191 g/mol. The topological polar surface area (TPSA) is 21.1 Å². The van der Waals surface area contributed by atoms with E-state index < -0.39 is 0 Å². The van der Waals surface area contributed by atoms with Crippen molar-refractivity contribution in [1.29, 1.82) is 0 Å². The summed E-state index contributed by atoms with van der Waals surface area (Å²) in [5.74, 6) is 1.84. The van der Waals surface area contributed by atoms with Gasteiger partial charge in [-0.2, -0.15) is 0 Å². The molecule has 0 aromatic carbocycles. The maximum absolute atomic E-state index is 4.10. The van der Waals surface area contributed by atoms with Crippen molar-refractivity contribution in [2.75, 3.05) is 19.6 Å². The van der Waals surface area contributed by atoms with E-state index in [1.54, 1.807) is 0 Å². The Morgan fingerprint density at radius 1 is 1.29 bits per heavy atom. The molecule has 4 rings (SSSR count). The number of hydrogen-bond donors (Lipinski definition) is 0. The highest BCUT2D eigenvalue weighted by Crippen LogP contribution is 2.32. The maximum atomic E-state index is 4.10. The van der Waals surface area contributed by atoms with Gasteiger partial charge in [-0.3, -0.25) is 0 Å². The summed E-state index contributed by atoms with van der Waals surface area (Å²) in [6, 6.07) is 0. The van der Waals surface area contributed by atoms with Crippen LogP contribution in [0.5, 0.6) is 0 Å². The van der Waals surface area contributed by atoms with Crippen molar-refractivity contribution in [2.24, 2.45) is 11.8 Å². The van der Waals surface area contributed by atoms with Gasteiger partial charge in [-0.25, -0.2) is 4.98 Å². The molecule has 76 valence electrons. The highest BCUT2D eigenvalue weighted by atomic mass is 15.2. The second kappa shape index (κ2) is 3.39. The van der Waals surface area contributed by atoms with Crippen LogP contribution in [-0.2, 0) is 6.54 Å². The lowest BCUT2D eigenvalue weighted by Crippen LogP contribution is -2.48. The van der Waals surface area contributed by atoms with Gasteiger partial charge in [-0.05, 0) is 37.8 Å². The molecule has 3 heteroatoms. The largest absolute Gasteiger partial charge is 0.337 e. The molecule has 3 nitrogen and oxygen atoms in total. The molecular weight excluding hydrogens is 174 g/mol. The molecule has 14 heavy (non-hydrogen) atoms. The maximum Gasteiger partial charge on any atom is 0.0946 e. The third-order valence-electron chi connectivity index (χ3n) is 3.80. The minimum atomic E-state index is 0.867. The molecule has 0 amide bonds. The highest BCUT2D eigenvalue weighted by molar-refractivity contribution is 4.87. The van der Waals surface area contributed by atoms with Gasteiger partial charge in [-0.1, -0.05) is 0 Å². The number of fused-ring (bicyclic) bond motifs is 3. The Balaban J connectivity index is 1.68. The van der Waals surface area contributed by atoms with Gasteiger partial charge in [0.2, 0.25) is 0 Å². The molecule has 1 aromatic heterocycles. The summed E-state index contributed by atoms with van der Waals surface area (Å²) < 4.78 is 2.23. The molecule has 3 saturated heterocycles. The van der Waals surface area contributed by atoms with E-state index in [4.69, 9.17) is 0 Å². The number of imidazole rings is 1. The van der Waals surface area contributed by atoms with Crippen molar-refractivity contribution in [3.63, 3.8) is 0 Å². The Morgan fingerprint density at radius 2 is 2.14 bits per heavy atom. The molecule has 3 fully saturated rings. The van der Waals surface area contributed by atoms with Gasteiger partial charge in [-0.15, -0.1) is 0 Å². The zero-order chi connectivity index (χ0) is 9.38. The minimum Gasteiger partial charge on any atom is -0.337 e. The zero-order valence-corrected chi connectivity index (χ0v) is 8.47. The number of rotatable bonds is 2. The fraction of sp³-hybridized carbons (Fsp3) is 0.727. The van der Waals surface area contributed by atoms with E-state index >= 15 is 0 Å². The average molecular weight is 191 g/mol. The third-order valence-corrected chi connectivity index (χ3v) is 3.80. The van der Waals surface area contributed by atoms with Gasteiger partial charge in [0.15, 0.2) is 0 Å². The molecule has 0 N–H and O–H groups in total. The Kier molecular flexibility index (Phi) is 2.05. The van der Waals surface area contributed by atoms with Gasteiger partial charge in [0.1, 0.15) is 0 Å². The summed E-state index contributed by atoms with van der Waals surface area (Å²) in [6.45, 7) is 5.15. The number of hydrogen-bond acceptors (Lipinski definition) is 2. The van der Waals surface area contributed by atoms with E-state index in [2.05, 4.69) is 20.6 Å². The lowest BCUT2D eigenvalue weighted by Gasteiger charge is -2.44. The van der Waals surface area contributed by atoms with Crippen molar-refractivity contribution in [2.45, 2.75) is 19.4 Å². The minimum absolute atomic E-state index is 0.867. The van der Waals surface area contributed by atoms with Crippen LogP contribution in [-0.4, -0.2) is 34.1 Å². The van der Waals surface area contributed by atoms with Crippen LogP contribution in [0.15, 0.2) is 18.7 Å². The van der Waals surface area contributed by atoms with Gasteiger partial charge in [0, 0.05) is 25.5 Å². The Morgan fingerprint density at radius 3 is 2.71 bits per heavy atom. The number of nitrogens with zero attached hydrogens (tertiary/aromatic N) is 3. The lowest BCUT2D eigenvalue weighted by atomic mass is 9.79. The van der Waals surface area contributed by atoms with Crippen molar-refractivity contribution >= 4 is 0 Å². The fourth-order valence-corrected chi connectivity index (χ4v) is 2.96. The first-order valence-corrected chi connectivity index (χ1v) is 5.60. The van der Waals surface area contributed by atoms with Gasteiger partial charge in [0.25, 0.3) is 0 Å². The molecule has 3 aliphatic rings. The molecule has 0 aliphatic carbocycles. The van der Waals surface area contributed by atoms with Gasteiger partial charge in [0.05, 0.1) is 6.33 Å². The van der Waals surface area contributed by atoms with Crippen LogP contribution in [0.2, 0.25) is 0 Å². The zero-order valence-electron chi connectivity index (χ0n) is 8.47.